The number of hydrogen-bond donors (Lipinski definition) is 4. The summed E-state index contributed by atoms with van der Waals surface area (Å²) in [4.78, 5) is 39.0. The number of rotatable bonds is 7. The molecule has 0 aromatic heterocycles. The van der Waals surface area contributed by atoms with Crippen molar-refractivity contribution in [3.63, 3.8) is 0 Å². The third-order valence-electron chi connectivity index (χ3n) is 8.11. The molecule has 3 amide bonds. The van der Waals surface area contributed by atoms with Crippen LogP contribution in [-0.2, 0) is 16.6 Å². The summed E-state index contributed by atoms with van der Waals surface area (Å²) < 4.78 is 38.9. The second kappa shape index (κ2) is 11.6. The van der Waals surface area contributed by atoms with Gasteiger partial charge in [0, 0.05) is 31.8 Å². The highest BCUT2D eigenvalue weighted by Gasteiger charge is 2.46. The highest BCUT2D eigenvalue weighted by Crippen LogP contribution is 2.44. The average Bonchev–Trinajstić information content (AvgIpc) is 3.40. The minimum absolute atomic E-state index is 0.0838. The van der Waals surface area contributed by atoms with Crippen molar-refractivity contribution < 1.29 is 32.7 Å². The molecule has 216 valence electrons. The molecule has 2 aromatic carbocycles. The van der Waals surface area contributed by atoms with Gasteiger partial charge in [-0.25, -0.2) is 0 Å². The summed E-state index contributed by atoms with van der Waals surface area (Å²) in [6.45, 7) is 0.884. The molecule has 1 atom stereocenters. The van der Waals surface area contributed by atoms with Crippen molar-refractivity contribution in [1.29, 1.82) is 0 Å². The van der Waals surface area contributed by atoms with Crippen LogP contribution in [0.2, 0.25) is 0 Å². The summed E-state index contributed by atoms with van der Waals surface area (Å²) in [6, 6.07) is 11.1. The minimum Gasteiger partial charge on any atom is -0.385 e. The Balaban J connectivity index is 1.36. The Hall–Kier alpha value is -3.44. The number of amides is 3. The molecule has 0 unspecified atom stereocenters. The molecule has 8 nitrogen and oxygen atoms in total. The molecule has 0 radical (unpaired) electrons. The number of nitrogens with zero attached hydrogens (tertiary/aromatic N) is 1. The van der Waals surface area contributed by atoms with Gasteiger partial charge in [-0.15, -0.1) is 0 Å². The van der Waals surface area contributed by atoms with E-state index in [1.54, 1.807) is 38.4 Å². The third kappa shape index (κ3) is 6.47. The molecule has 0 spiro atoms. The van der Waals surface area contributed by atoms with Crippen LogP contribution < -0.4 is 16.0 Å². The van der Waals surface area contributed by atoms with Crippen molar-refractivity contribution in [2.24, 2.45) is 5.92 Å². The van der Waals surface area contributed by atoms with Crippen molar-refractivity contribution in [3.8, 4) is 0 Å². The van der Waals surface area contributed by atoms with E-state index in [0.29, 0.717) is 50.8 Å². The fraction of sp³-hybridized carbons (Fsp3) is 0.483. The van der Waals surface area contributed by atoms with Crippen LogP contribution in [0, 0.1) is 5.92 Å². The molecule has 4 rings (SSSR count). The standard InChI is InChI=1S/C29H35F3N4O4/c1-36(2)26(39)19-6-8-22(9-7-19)28(40)12-10-21(11-13-28)27(14-15-33-18-27)35-24(37)17-34-25(38)20-4-3-5-23(16-20)29(30,31)32/h3-9,16,21,33,40H,10-15,17-18H2,1-2H3,(H,34,38)(H,35,37)/t21?,27-,28?/m0/s1. The number of benzene rings is 2. The van der Waals surface area contributed by atoms with Gasteiger partial charge >= 0.3 is 6.18 Å². The smallest absolute Gasteiger partial charge is 0.385 e. The maximum Gasteiger partial charge on any atom is 0.416 e. The van der Waals surface area contributed by atoms with Gasteiger partial charge < -0.3 is 26.0 Å². The lowest BCUT2D eigenvalue weighted by Gasteiger charge is -2.44. The normalized spacial score (nSPS) is 24.8. The van der Waals surface area contributed by atoms with E-state index >= 15 is 0 Å². The zero-order valence-corrected chi connectivity index (χ0v) is 22.6. The van der Waals surface area contributed by atoms with Crippen molar-refractivity contribution >= 4 is 17.7 Å². The Morgan fingerprint density at radius 1 is 1.02 bits per heavy atom. The Labute approximate surface area is 231 Å². The van der Waals surface area contributed by atoms with Crippen molar-refractivity contribution in [3.05, 3.63) is 70.8 Å². The largest absolute Gasteiger partial charge is 0.416 e. The van der Waals surface area contributed by atoms with Gasteiger partial charge in [0.2, 0.25) is 5.91 Å². The molecule has 2 aromatic rings. The maximum absolute atomic E-state index is 13.0. The van der Waals surface area contributed by atoms with Crippen LogP contribution in [-0.4, -0.2) is 67.0 Å². The summed E-state index contributed by atoms with van der Waals surface area (Å²) in [5.41, 5.74) is -1.40. The van der Waals surface area contributed by atoms with Gasteiger partial charge in [-0.1, -0.05) is 18.2 Å². The molecular weight excluding hydrogens is 525 g/mol. The van der Waals surface area contributed by atoms with Gasteiger partial charge in [0.15, 0.2) is 0 Å². The maximum atomic E-state index is 13.0. The molecule has 11 heteroatoms. The van der Waals surface area contributed by atoms with Gasteiger partial charge in [-0.05, 0) is 80.5 Å². The SMILES string of the molecule is CN(C)C(=O)c1ccc(C2(O)CCC([C@]3(NC(=O)CNC(=O)c4cccc(C(F)(F)F)c4)CCNC3)CC2)cc1. The summed E-state index contributed by atoms with van der Waals surface area (Å²) in [5.74, 6) is -1.22. The van der Waals surface area contributed by atoms with Gasteiger partial charge in [0.1, 0.15) is 0 Å². The molecule has 1 saturated carbocycles. The summed E-state index contributed by atoms with van der Waals surface area (Å²) in [6.07, 6.45) is -1.59. The second-order valence-electron chi connectivity index (χ2n) is 11.0. The highest BCUT2D eigenvalue weighted by molar-refractivity contribution is 5.96. The van der Waals surface area contributed by atoms with Gasteiger partial charge in [0.05, 0.1) is 23.2 Å². The molecule has 1 heterocycles. The molecule has 40 heavy (non-hydrogen) atoms. The van der Waals surface area contributed by atoms with Crippen LogP contribution >= 0.6 is 0 Å². The lowest BCUT2D eigenvalue weighted by molar-refractivity contribution is -0.137. The number of aliphatic hydroxyl groups is 1. The van der Waals surface area contributed by atoms with Gasteiger partial charge in [-0.2, -0.15) is 13.2 Å². The first-order valence-corrected chi connectivity index (χ1v) is 13.3. The molecule has 2 aliphatic rings. The minimum atomic E-state index is -4.57. The van der Waals surface area contributed by atoms with E-state index in [2.05, 4.69) is 16.0 Å². The average molecular weight is 561 g/mol. The zero-order chi connectivity index (χ0) is 29.1. The summed E-state index contributed by atoms with van der Waals surface area (Å²) >= 11 is 0. The highest BCUT2D eigenvalue weighted by atomic mass is 19.4. The number of carbonyl (C=O) groups excluding carboxylic acids is 3. The Bertz CT molecular complexity index is 1230. The summed E-state index contributed by atoms with van der Waals surface area (Å²) in [7, 11) is 3.36. The lowest BCUT2D eigenvalue weighted by atomic mass is 9.68. The Kier molecular flexibility index (Phi) is 8.55. The van der Waals surface area contributed by atoms with E-state index in [-0.39, 0.29) is 23.9 Å². The number of halogens is 3. The van der Waals surface area contributed by atoms with E-state index in [4.69, 9.17) is 0 Å². The Morgan fingerprint density at radius 2 is 1.70 bits per heavy atom. The van der Waals surface area contributed by atoms with E-state index in [0.717, 1.165) is 23.8 Å². The first kappa shape index (κ1) is 29.5. The second-order valence-corrected chi connectivity index (χ2v) is 11.0. The zero-order valence-electron chi connectivity index (χ0n) is 22.6. The Morgan fingerprint density at radius 3 is 2.27 bits per heavy atom. The quantitative estimate of drug-likeness (QED) is 0.416. The summed E-state index contributed by atoms with van der Waals surface area (Å²) in [5, 5.41) is 20.2. The number of nitrogens with one attached hydrogen (secondary N) is 3. The van der Waals surface area contributed by atoms with E-state index in [1.165, 1.54) is 11.0 Å². The van der Waals surface area contributed by atoms with Crippen LogP contribution in [0.15, 0.2) is 48.5 Å². The first-order valence-electron chi connectivity index (χ1n) is 13.3. The lowest BCUT2D eigenvalue weighted by Crippen LogP contribution is -2.58. The fourth-order valence-corrected chi connectivity index (χ4v) is 5.81. The number of carbonyl (C=O) groups is 3. The number of hydrogen-bond acceptors (Lipinski definition) is 5. The molecule has 2 fully saturated rings. The van der Waals surface area contributed by atoms with Crippen molar-refractivity contribution in [1.82, 2.24) is 20.9 Å². The fourth-order valence-electron chi connectivity index (χ4n) is 5.81. The van der Waals surface area contributed by atoms with Crippen LogP contribution in [0.4, 0.5) is 13.2 Å². The van der Waals surface area contributed by atoms with Crippen LogP contribution in [0.5, 0.6) is 0 Å². The monoisotopic (exact) mass is 560 g/mol. The predicted molar refractivity (Wildman–Crippen MR) is 142 cm³/mol. The molecule has 0 bridgehead atoms. The molecule has 1 aliphatic carbocycles. The first-order chi connectivity index (χ1) is 18.8. The van der Waals surface area contributed by atoms with Crippen LogP contribution in [0.1, 0.15) is 63.9 Å². The molecule has 1 aliphatic heterocycles. The van der Waals surface area contributed by atoms with Gasteiger partial charge in [-0.3, -0.25) is 14.4 Å². The van der Waals surface area contributed by atoms with Crippen molar-refractivity contribution in [2.75, 3.05) is 33.7 Å². The van der Waals surface area contributed by atoms with E-state index in [9.17, 15) is 32.7 Å². The predicted octanol–water partition coefficient (Wildman–Crippen LogP) is 3.06. The molecular formula is C29H35F3N4O4. The topological polar surface area (TPSA) is 111 Å². The van der Waals surface area contributed by atoms with E-state index in [1.807, 2.05) is 0 Å². The number of alkyl halides is 3. The van der Waals surface area contributed by atoms with E-state index < -0.39 is 34.7 Å². The van der Waals surface area contributed by atoms with Crippen molar-refractivity contribution in [2.45, 2.75) is 49.4 Å². The van der Waals surface area contributed by atoms with Crippen LogP contribution in [0.25, 0.3) is 0 Å². The molecule has 4 N–H and O–H groups in total. The van der Waals surface area contributed by atoms with Gasteiger partial charge in [0.25, 0.3) is 11.8 Å². The molecule has 1 saturated heterocycles. The third-order valence-corrected chi connectivity index (χ3v) is 8.11. The van der Waals surface area contributed by atoms with Crippen LogP contribution in [0.3, 0.4) is 0 Å².